The standard InChI is InChI=1S/C11H19F3N2O4S/c1-2-6-21(19,20)16-5-3-4-8(16)10(18)15-7-9(17)11(12,13)14/h8-9,17H,2-7H2,1H3,(H,15,18). The molecule has 2 N–H and O–H groups in total. The fourth-order valence-electron chi connectivity index (χ4n) is 2.14. The number of hydrogen-bond acceptors (Lipinski definition) is 4. The molecule has 0 aromatic carbocycles. The van der Waals surface area contributed by atoms with Crippen molar-refractivity contribution in [3.63, 3.8) is 0 Å². The maximum atomic E-state index is 12.1. The topological polar surface area (TPSA) is 86.7 Å². The van der Waals surface area contributed by atoms with E-state index in [1.807, 2.05) is 5.32 Å². The van der Waals surface area contributed by atoms with Gasteiger partial charge in [0.25, 0.3) is 0 Å². The largest absolute Gasteiger partial charge is 0.416 e. The van der Waals surface area contributed by atoms with E-state index in [1.54, 1.807) is 6.92 Å². The monoisotopic (exact) mass is 332 g/mol. The van der Waals surface area contributed by atoms with Gasteiger partial charge in [0, 0.05) is 6.54 Å². The van der Waals surface area contributed by atoms with E-state index in [2.05, 4.69) is 0 Å². The predicted molar refractivity (Wildman–Crippen MR) is 68.9 cm³/mol. The van der Waals surface area contributed by atoms with Gasteiger partial charge in [0.15, 0.2) is 6.10 Å². The van der Waals surface area contributed by atoms with Crippen LogP contribution >= 0.6 is 0 Å². The van der Waals surface area contributed by atoms with Gasteiger partial charge in [-0.2, -0.15) is 17.5 Å². The van der Waals surface area contributed by atoms with E-state index in [9.17, 15) is 26.4 Å². The summed E-state index contributed by atoms with van der Waals surface area (Å²) in [7, 11) is -3.58. The summed E-state index contributed by atoms with van der Waals surface area (Å²) in [6, 6.07) is -0.998. The maximum absolute atomic E-state index is 12.1. The highest BCUT2D eigenvalue weighted by Gasteiger charge is 2.41. The predicted octanol–water partition coefficient (Wildman–Crippen LogP) is 0.230. The van der Waals surface area contributed by atoms with E-state index < -0.39 is 40.8 Å². The minimum Gasteiger partial charge on any atom is -0.382 e. The summed E-state index contributed by atoms with van der Waals surface area (Å²) in [5.41, 5.74) is 0. The van der Waals surface area contributed by atoms with E-state index >= 15 is 0 Å². The number of alkyl halides is 3. The van der Waals surface area contributed by atoms with Crippen LogP contribution in [-0.4, -0.2) is 60.9 Å². The normalized spacial score (nSPS) is 22.2. The number of carbonyl (C=O) groups excluding carboxylic acids is 1. The molecule has 1 fully saturated rings. The van der Waals surface area contributed by atoms with Gasteiger partial charge in [0.1, 0.15) is 6.04 Å². The Morgan fingerprint density at radius 3 is 2.62 bits per heavy atom. The summed E-state index contributed by atoms with van der Waals surface area (Å²) in [4.78, 5) is 11.8. The lowest BCUT2D eigenvalue weighted by Crippen LogP contribution is -2.49. The van der Waals surface area contributed by atoms with Gasteiger partial charge < -0.3 is 10.4 Å². The van der Waals surface area contributed by atoms with Crippen molar-refractivity contribution < 1.29 is 31.5 Å². The van der Waals surface area contributed by atoms with Crippen molar-refractivity contribution >= 4 is 15.9 Å². The van der Waals surface area contributed by atoms with Crippen molar-refractivity contribution in [1.29, 1.82) is 0 Å². The molecule has 2 unspecified atom stereocenters. The molecule has 0 bridgehead atoms. The second-order valence-corrected chi connectivity index (χ2v) is 6.93. The van der Waals surface area contributed by atoms with E-state index in [0.29, 0.717) is 12.8 Å². The zero-order valence-corrected chi connectivity index (χ0v) is 12.4. The molecule has 2 atom stereocenters. The molecule has 1 aliphatic rings. The third-order valence-electron chi connectivity index (χ3n) is 3.17. The Morgan fingerprint density at radius 2 is 2.10 bits per heavy atom. The first-order valence-corrected chi connectivity index (χ1v) is 8.22. The average molecular weight is 332 g/mol. The summed E-state index contributed by atoms with van der Waals surface area (Å²) in [5, 5.41) is 10.8. The molecule has 0 aliphatic carbocycles. The number of aliphatic hydroxyl groups excluding tert-OH is 1. The number of halogens is 3. The Bertz CT molecular complexity index is 467. The van der Waals surface area contributed by atoms with Crippen LogP contribution in [0.3, 0.4) is 0 Å². The molecule has 0 radical (unpaired) electrons. The van der Waals surface area contributed by atoms with Crippen LogP contribution in [-0.2, 0) is 14.8 Å². The van der Waals surface area contributed by atoms with Gasteiger partial charge in [-0.05, 0) is 19.3 Å². The molecule has 1 saturated heterocycles. The molecule has 0 aromatic heterocycles. The van der Waals surface area contributed by atoms with Crippen LogP contribution < -0.4 is 5.32 Å². The first-order chi connectivity index (χ1) is 9.59. The second-order valence-electron chi connectivity index (χ2n) is 4.89. The maximum Gasteiger partial charge on any atom is 0.416 e. The molecule has 21 heavy (non-hydrogen) atoms. The molecule has 1 amide bonds. The average Bonchev–Trinajstić information content (AvgIpc) is 2.84. The van der Waals surface area contributed by atoms with Crippen molar-refractivity contribution in [3.8, 4) is 0 Å². The summed E-state index contributed by atoms with van der Waals surface area (Å²) in [5.74, 6) is -0.919. The van der Waals surface area contributed by atoms with Crippen molar-refractivity contribution in [2.45, 2.75) is 44.5 Å². The highest BCUT2D eigenvalue weighted by molar-refractivity contribution is 7.89. The molecule has 0 spiro atoms. The Balaban J connectivity index is 2.65. The third kappa shape index (κ3) is 4.82. The molecular weight excluding hydrogens is 313 g/mol. The summed E-state index contributed by atoms with van der Waals surface area (Å²) in [6.45, 7) is 0.880. The minimum absolute atomic E-state index is 0.109. The molecule has 6 nitrogen and oxygen atoms in total. The van der Waals surface area contributed by atoms with Gasteiger partial charge in [-0.15, -0.1) is 0 Å². The van der Waals surface area contributed by atoms with Gasteiger partial charge in [-0.1, -0.05) is 6.92 Å². The quantitative estimate of drug-likeness (QED) is 0.729. The van der Waals surface area contributed by atoms with Crippen molar-refractivity contribution in [2.75, 3.05) is 18.8 Å². The molecule has 1 rings (SSSR count). The van der Waals surface area contributed by atoms with E-state index in [0.717, 1.165) is 4.31 Å². The van der Waals surface area contributed by atoms with Gasteiger partial charge in [-0.3, -0.25) is 4.79 Å². The lowest BCUT2D eigenvalue weighted by molar-refractivity contribution is -0.201. The summed E-state index contributed by atoms with van der Waals surface area (Å²) in [6.07, 6.45) is -6.36. The lowest BCUT2D eigenvalue weighted by atomic mass is 10.2. The smallest absolute Gasteiger partial charge is 0.382 e. The second kappa shape index (κ2) is 6.93. The van der Waals surface area contributed by atoms with E-state index in [4.69, 9.17) is 5.11 Å². The molecule has 1 heterocycles. The van der Waals surface area contributed by atoms with Crippen molar-refractivity contribution in [2.24, 2.45) is 0 Å². The van der Waals surface area contributed by atoms with Gasteiger partial charge >= 0.3 is 6.18 Å². The number of hydrogen-bond donors (Lipinski definition) is 2. The van der Waals surface area contributed by atoms with Gasteiger partial charge in [0.05, 0.1) is 12.3 Å². The Kier molecular flexibility index (Phi) is 6.00. The Labute approximate surface area is 121 Å². The van der Waals surface area contributed by atoms with Crippen LogP contribution in [0, 0.1) is 0 Å². The number of carbonyl (C=O) groups is 1. The van der Waals surface area contributed by atoms with Crippen molar-refractivity contribution in [3.05, 3.63) is 0 Å². The van der Waals surface area contributed by atoms with Crippen LogP contribution in [0.1, 0.15) is 26.2 Å². The number of rotatable bonds is 6. The number of sulfonamides is 1. The van der Waals surface area contributed by atoms with Crippen LogP contribution in [0.25, 0.3) is 0 Å². The first-order valence-electron chi connectivity index (χ1n) is 6.61. The lowest BCUT2D eigenvalue weighted by Gasteiger charge is -2.24. The van der Waals surface area contributed by atoms with Crippen LogP contribution in [0.5, 0.6) is 0 Å². The van der Waals surface area contributed by atoms with Crippen molar-refractivity contribution in [1.82, 2.24) is 9.62 Å². The Hall–Kier alpha value is -0.870. The summed E-state index contributed by atoms with van der Waals surface area (Å²) >= 11 is 0. The fourth-order valence-corrected chi connectivity index (χ4v) is 3.89. The van der Waals surface area contributed by atoms with Crippen LogP contribution in [0.2, 0.25) is 0 Å². The summed E-state index contributed by atoms with van der Waals surface area (Å²) < 4.78 is 61.4. The first kappa shape index (κ1) is 18.2. The minimum atomic E-state index is -4.82. The number of amides is 1. The molecule has 124 valence electrons. The van der Waals surface area contributed by atoms with Crippen LogP contribution in [0.4, 0.5) is 13.2 Å². The third-order valence-corrected chi connectivity index (χ3v) is 5.25. The highest BCUT2D eigenvalue weighted by atomic mass is 32.2. The zero-order valence-electron chi connectivity index (χ0n) is 11.6. The number of aliphatic hydroxyl groups is 1. The molecule has 0 saturated carbocycles. The molecule has 1 aliphatic heterocycles. The molecule has 0 aromatic rings. The van der Waals surface area contributed by atoms with Gasteiger partial charge in [-0.25, -0.2) is 8.42 Å². The highest BCUT2D eigenvalue weighted by Crippen LogP contribution is 2.23. The fraction of sp³-hybridized carbons (Fsp3) is 0.909. The Morgan fingerprint density at radius 1 is 1.48 bits per heavy atom. The van der Waals surface area contributed by atoms with E-state index in [-0.39, 0.29) is 18.7 Å². The van der Waals surface area contributed by atoms with Gasteiger partial charge in [0.2, 0.25) is 15.9 Å². The number of nitrogens with one attached hydrogen (secondary N) is 1. The number of nitrogens with zero attached hydrogens (tertiary/aromatic N) is 1. The molecule has 10 heteroatoms. The van der Waals surface area contributed by atoms with Crippen LogP contribution in [0.15, 0.2) is 0 Å². The SMILES string of the molecule is CCCS(=O)(=O)N1CCCC1C(=O)NCC(O)C(F)(F)F. The molecular formula is C11H19F3N2O4S. The zero-order chi connectivity index (χ0) is 16.3. The van der Waals surface area contributed by atoms with E-state index in [1.165, 1.54) is 0 Å².